The van der Waals surface area contributed by atoms with Crippen molar-refractivity contribution in [3.63, 3.8) is 0 Å². The fourth-order valence-corrected chi connectivity index (χ4v) is 1.49. The molecule has 0 radical (unpaired) electrons. The first kappa shape index (κ1) is 10.5. The van der Waals surface area contributed by atoms with Crippen LogP contribution in [0.3, 0.4) is 0 Å². The quantitative estimate of drug-likeness (QED) is 0.637. The van der Waals surface area contributed by atoms with Gasteiger partial charge >= 0.3 is 0 Å². The van der Waals surface area contributed by atoms with Gasteiger partial charge in [0.1, 0.15) is 23.9 Å². The van der Waals surface area contributed by atoms with Gasteiger partial charge in [0.05, 0.1) is 19.4 Å². The zero-order chi connectivity index (χ0) is 10.8. The van der Waals surface area contributed by atoms with Crippen molar-refractivity contribution in [1.29, 1.82) is 0 Å². The predicted molar refractivity (Wildman–Crippen MR) is 49.6 cm³/mol. The molecule has 2 rings (SSSR count). The standard InChI is InChI=1S/C8H14N4O3/c1-5(15-9)6-2-12(11-10-6)7-3-14-4-8(7)13/h2,5,7-8,13H,3-4,9H2,1H3/t5-,7+,8+/m0/s1. The Labute approximate surface area is 86.7 Å². The van der Waals surface area contributed by atoms with Gasteiger partial charge in [-0.1, -0.05) is 5.21 Å². The van der Waals surface area contributed by atoms with Crippen LogP contribution in [0, 0.1) is 0 Å². The second kappa shape index (κ2) is 4.23. The fraction of sp³-hybridized carbons (Fsp3) is 0.750. The zero-order valence-electron chi connectivity index (χ0n) is 8.41. The number of rotatable bonds is 3. The molecule has 3 atom stereocenters. The SMILES string of the molecule is C[C@H](ON)c1cn([C@@H]2COC[C@H]2O)nn1. The van der Waals surface area contributed by atoms with Crippen molar-refractivity contribution in [3.05, 3.63) is 11.9 Å². The Morgan fingerprint density at radius 2 is 2.53 bits per heavy atom. The average molecular weight is 214 g/mol. The van der Waals surface area contributed by atoms with E-state index in [0.29, 0.717) is 18.9 Å². The van der Waals surface area contributed by atoms with Crippen LogP contribution < -0.4 is 5.90 Å². The van der Waals surface area contributed by atoms with Gasteiger partial charge in [0.2, 0.25) is 0 Å². The van der Waals surface area contributed by atoms with Gasteiger partial charge in [0, 0.05) is 0 Å². The van der Waals surface area contributed by atoms with E-state index >= 15 is 0 Å². The molecule has 3 N–H and O–H groups in total. The first-order valence-corrected chi connectivity index (χ1v) is 4.75. The van der Waals surface area contributed by atoms with Crippen molar-refractivity contribution in [2.24, 2.45) is 5.90 Å². The van der Waals surface area contributed by atoms with E-state index in [1.807, 2.05) is 0 Å². The molecule has 2 heterocycles. The zero-order valence-corrected chi connectivity index (χ0v) is 8.41. The second-order valence-corrected chi connectivity index (χ2v) is 3.57. The van der Waals surface area contributed by atoms with Crippen LogP contribution in [0.5, 0.6) is 0 Å². The number of ether oxygens (including phenoxy) is 1. The molecule has 15 heavy (non-hydrogen) atoms. The van der Waals surface area contributed by atoms with E-state index in [4.69, 9.17) is 10.6 Å². The van der Waals surface area contributed by atoms with Crippen LogP contribution in [0.4, 0.5) is 0 Å². The molecule has 0 unspecified atom stereocenters. The van der Waals surface area contributed by atoms with E-state index in [1.54, 1.807) is 17.8 Å². The smallest absolute Gasteiger partial charge is 0.121 e. The maximum Gasteiger partial charge on any atom is 0.121 e. The molecule has 0 aromatic carbocycles. The third-order valence-corrected chi connectivity index (χ3v) is 2.51. The Kier molecular flexibility index (Phi) is 2.96. The summed E-state index contributed by atoms with van der Waals surface area (Å²) in [6.07, 6.45) is 0.868. The molecule has 0 bridgehead atoms. The van der Waals surface area contributed by atoms with Crippen molar-refractivity contribution < 1.29 is 14.7 Å². The average Bonchev–Trinajstić information content (AvgIpc) is 2.84. The maximum atomic E-state index is 9.58. The number of nitrogens with zero attached hydrogens (tertiary/aromatic N) is 3. The van der Waals surface area contributed by atoms with Crippen LogP contribution >= 0.6 is 0 Å². The highest BCUT2D eigenvalue weighted by atomic mass is 16.6. The molecule has 0 spiro atoms. The third kappa shape index (κ3) is 2.00. The number of aromatic nitrogens is 3. The van der Waals surface area contributed by atoms with Crippen LogP contribution in [0.2, 0.25) is 0 Å². The predicted octanol–water partition coefficient (Wildman–Crippen LogP) is -0.838. The largest absolute Gasteiger partial charge is 0.388 e. The molecule has 7 heteroatoms. The Morgan fingerprint density at radius 1 is 1.73 bits per heavy atom. The van der Waals surface area contributed by atoms with Crippen LogP contribution in [-0.4, -0.2) is 39.4 Å². The molecule has 0 aliphatic carbocycles. The fourth-order valence-electron chi connectivity index (χ4n) is 1.49. The molecule has 1 aromatic heterocycles. The maximum absolute atomic E-state index is 9.58. The van der Waals surface area contributed by atoms with E-state index in [-0.39, 0.29) is 12.1 Å². The van der Waals surface area contributed by atoms with E-state index in [2.05, 4.69) is 15.1 Å². The summed E-state index contributed by atoms with van der Waals surface area (Å²) in [5, 5.41) is 17.4. The summed E-state index contributed by atoms with van der Waals surface area (Å²) >= 11 is 0. The normalized spacial score (nSPS) is 28.2. The minimum atomic E-state index is -0.534. The van der Waals surface area contributed by atoms with Crippen LogP contribution in [0.25, 0.3) is 0 Å². The topological polar surface area (TPSA) is 95.4 Å². The molecule has 1 fully saturated rings. The Bertz CT molecular complexity index is 329. The molecule has 84 valence electrons. The molecule has 1 aliphatic rings. The number of hydrogen-bond donors (Lipinski definition) is 2. The third-order valence-electron chi connectivity index (χ3n) is 2.51. The highest BCUT2D eigenvalue weighted by molar-refractivity contribution is 4.98. The van der Waals surface area contributed by atoms with Gasteiger partial charge < -0.3 is 9.84 Å². The van der Waals surface area contributed by atoms with E-state index in [1.165, 1.54) is 0 Å². The Morgan fingerprint density at radius 3 is 3.13 bits per heavy atom. The Hall–Kier alpha value is -1.02. The highest BCUT2D eigenvalue weighted by Crippen LogP contribution is 2.20. The molecular weight excluding hydrogens is 200 g/mol. The van der Waals surface area contributed by atoms with Gasteiger partial charge in [-0.3, -0.25) is 4.84 Å². The molecular formula is C8H14N4O3. The molecule has 1 saturated heterocycles. The lowest BCUT2D eigenvalue weighted by Crippen LogP contribution is -2.22. The van der Waals surface area contributed by atoms with E-state index in [9.17, 15) is 5.11 Å². The number of hydrogen-bond acceptors (Lipinski definition) is 6. The summed E-state index contributed by atoms with van der Waals surface area (Å²) in [5.41, 5.74) is 0.636. The molecule has 1 aromatic rings. The highest BCUT2D eigenvalue weighted by Gasteiger charge is 2.29. The van der Waals surface area contributed by atoms with Crippen LogP contribution in [0.15, 0.2) is 6.20 Å². The molecule has 0 amide bonds. The van der Waals surface area contributed by atoms with Crippen LogP contribution in [0.1, 0.15) is 24.8 Å². The van der Waals surface area contributed by atoms with Gasteiger partial charge in [-0.05, 0) is 6.92 Å². The minimum absolute atomic E-state index is 0.170. The summed E-state index contributed by atoms with van der Waals surface area (Å²) in [6, 6.07) is -0.170. The summed E-state index contributed by atoms with van der Waals surface area (Å²) < 4.78 is 6.71. The van der Waals surface area contributed by atoms with Crippen molar-refractivity contribution in [2.45, 2.75) is 25.2 Å². The summed E-state index contributed by atoms with van der Waals surface area (Å²) in [6.45, 7) is 2.56. The number of aliphatic hydroxyl groups is 1. The number of aliphatic hydroxyl groups excluding tert-OH is 1. The Balaban J connectivity index is 2.12. The van der Waals surface area contributed by atoms with Gasteiger partial charge in [-0.2, -0.15) is 0 Å². The van der Waals surface area contributed by atoms with Crippen molar-refractivity contribution in [1.82, 2.24) is 15.0 Å². The van der Waals surface area contributed by atoms with Crippen molar-refractivity contribution in [2.75, 3.05) is 13.2 Å². The van der Waals surface area contributed by atoms with Gasteiger partial charge in [-0.25, -0.2) is 10.6 Å². The summed E-state index contributed by atoms with van der Waals surface area (Å²) in [5.74, 6) is 5.04. The van der Waals surface area contributed by atoms with Gasteiger partial charge in [0.25, 0.3) is 0 Å². The van der Waals surface area contributed by atoms with Crippen LogP contribution in [-0.2, 0) is 9.57 Å². The van der Waals surface area contributed by atoms with Crippen molar-refractivity contribution in [3.8, 4) is 0 Å². The van der Waals surface area contributed by atoms with E-state index < -0.39 is 6.10 Å². The summed E-state index contributed by atoms with van der Waals surface area (Å²) in [4.78, 5) is 4.63. The summed E-state index contributed by atoms with van der Waals surface area (Å²) in [7, 11) is 0. The first-order valence-electron chi connectivity index (χ1n) is 4.75. The lowest BCUT2D eigenvalue weighted by molar-refractivity contribution is 0.0633. The van der Waals surface area contributed by atoms with Gasteiger partial charge in [0.15, 0.2) is 0 Å². The minimum Gasteiger partial charge on any atom is -0.388 e. The number of nitrogens with two attached hydrogens (primary N) is 1. The first-order chi connectivity index (χ1) is 7.22. The second-order valence-electron chi connectivity index (χ2n) is 3.57. The molecule has 0 saturated carbocycles. The molecule has 1 aliphatic heterocycles. The lowest BCUT2D eigenvalue weighted by atomic mass is 10.2. The molecule has 7 nitrogen and oxygen atoms in total. The van der Waals surface area contributed by atoms with Gasteiger partial charge in [-0.15, -0.1) is 5.10 Å². The van der Waals surface area contributed by atoms with E-state index in [0.717, 1.165) is 0 Å². The monoisotopic (exact) mass is 214 g/mol. The lowest BCUT2D eigenvalue weighted by Gasteiger charge is -2.11. The van der Waals surface area contributed by atoms with Crippen molar-refractivity contribution >= 4 is 0 Å².